The van der Waals surface area contributed by atoms with Gasteiger partial charge in [-0.05, 0) is 30.9 Å². The van der Waals surface area contributed by atoms with E-state index in [0.717, 1.165) is 47.9 Å². The van der Waals surface area contributed by atoms with Crippen molar-refractivity contribution in [1.82, 2.24) is 9.88 Å². The van der Waals surface area contributed by atoms with Crippen LogP contribution in [0, 0.1) is 0 Å². The fourth-order valence-electron chi connectivity index (χ4n) is 2.90. The van der Waals surface area contributed by atoms with Crippen molar-refractivity contribution in [2.45, 2.75) is 32.1 Å². The van der Waals surface area contributed by atoms with Crippen LogP contribution in [-0.2, 0) is 6.42 Å². The van der Waals surface area contributed by atoms with Gasteiger partial charge in [0.15, 0.2) is 0 Å². The number of carbonyl (C=O) groups excluding carboxylic acids is 1. The molecule has 22 heavy (non-hydrogen) atoms. The van der Waals surface area contributed by atoms with E-state index in [0.29, 0.717) is 11.6 Å². The molecule has 2 aromatic rings. The molecule has 3 rings (SSSR count). The number of rotatable bonds is 4. The van der Waals surface area contributed by atoms with Crippen molar-refractivity contribution < 1.29 is 4.79 Å². The first-order chi connectivity index (χ1) is 10.7. The molecule has 0 radical (unpaired) electrons. The molecule has 1 aromatic carbocycles. The molecule has 0 saturated carbocycles. The number of aromatic nitrogens is 1. The maximum atomic E-state index is 12.6. The van der Waals surface area contributed by atoms with E-state index in [4.69, 9.17) is 11.6 Å². The zero-order valence-corrected chi connectivity index (χ0v) is 14.2. The summed E-state index contributed by atoms with van der Waals surface area (Å²) in [6, 6.07) is 7.92. The van der Waals surface area contributed by atoms with Crippen LogP contribution in [-0.4, -0.2) is 28.9 Å². The zero-order valence-electron chi connectivity index (χ0n) is 12.6. The van der Waals surface area contributed by atoms with Crippen LogP contribution >= 0.6 is 22.9 Å². The molecule has 1 aliphatic heterocycles. The third kappa shape index (κ3) is 3.18. The van der Waals surface area contributed by atoms with Gasteiger partial charge in [0.2, 0.25) is 0 Å². The average molecular weight is 335 g/mol. The monoisotopic (exact) mass is 334 g/mol. The van der Waals surface area contributed by atoms with E-state index in [1.165, 1.54) is 0 Å². The number of halogens is 1. The van der Waals surface area contributed by atoms with E-state index in [1.54, 1.807) is 11.3 Å². The van der Waals surface area contributed by atoms with E-state index < -0.39 is 0 Å². The van der Waals surface area contributed by atoms with Gasteiger partial charge >= 0.3 is 0 Å². The number of carbonyl (C=O) groups is 1. The second-order valence-corrected chi connectivity index (χ2v) is 6.98. The van der Waals surface area contributed by atoms with Crippen LogP contribution in [0.1, 0.15) is 46.7 Å². The van der Waals surface area contributed by atoms with Gasteiger partial charge in [0.1, 0.15) is 5.69 Å². The van der Waals surface area contributed by atoms with E-state index in [1.807, 2.05) is 28.5 Å². The molecule has 1 saturated heterocycles. The molecule has 1 fully saturated rings. The number of hydrogen-bond donors (Lipinski definition) is 0. The summed E-state index contributed by atoms with van der Waals surface area (Å²) < 4.78 is 0. The molecule has 1 amide bonds. The average Bonchev–Trinajstić information content (AvgIpc) is 3.17. The molecular formula is C17H19ClN2OS. The minimum Gasteiger partial charge on any atom is -0.337 e. The standard InChI is InChI=1S/C17H19ClN2OS/c1-2-5-16-19-15(11-22-16)17(21)20-9-8-12(10-20)13-6-3-4-7-14(13)18/h3-4,6-7,11-12H,2,5,8-10H2,1H3/t12-/m0/s1. The van der Waals surface area contributed by atoms with Gasteiger partial charge in [-0.2, -0.15) is 0 Å². The van der Waals surface area contributed by atoms with Crippen molar-refractivity contribution in [1.29, 1.82) is 0 Å². The Hall–Kier alpha value is -1.39. The summed E-state index contributed by atoms with van der Waals surface area (Å²) >= 11 is 7.85. The summed E-state index contributed by atoms with van der Waals surface area (Å²) in [7, 11) is 0. The van der Waals surface area contributed by atoms with Crippen LogP contribution in [0.5, 0.6) is 0 Å². The Morgan fingerprint density at radius 2 is 2.27 bits per heavy atom. The smallest absolute Gasteiger partial charge is 0.273 e. The predicted molar refractivity (Wildman–Crippen MR) is 90.8 cm³/mol. The van der Waals surface area contributed by atoms with Crippen molar-refractivity contribution in [3.63, 3.8) is 0 Å². The van der Waals surface area contributed by atoms with E-state index in [-0.39, 0.29) is 5.91 Å². The SMILES string of the molecule is CCCc1nc(C(=O)N2CC[C@H](c3ccccc3Cl)C2)cs1. The third-order valence-electron chi connectivity index (χ3n) is 4.06. The highest BCUT2D eigenvalue weighted by Crippen LogP contribution is 2.32. The van der Waals surface area contributed by atoms with Crippen molar-refractivity contribution in [3.05, 3.63) is 50.9 Å². The number of amides is 1. The van der Waals surface area contributed by atoms with Crippen LogP contribution in [0.15, 0.2) is 29.6 Å². The molecule has 0 unspecified atom stereocenters. The lowest BCUT2D eigenvalue weighted by Crippen LogP contribution is -2.28. The summed E-state index contributed by atoms with van der Waals surface area (Å²) in [5, 5.41) is 3.73. The lowest BCUT2D eigenvalue weighted by molar-refractivity contribution is 0.0785. The largest absolute Gasteiger partial charge is 0.337 e. The van der Waals surface area contributed by atoms with Gasteiger partial charge in [-0.25, -0.2) is 4.98 Å². The van der Waals surface area contributed by atoms with Crippen LogP contribution in [0.25, 0.3) is 0 Å². The second-order valence-electron chi connectivity index (χ2n) is 5.63. The van der Waals surface area contributed by atoms with Crippen molar-refractivity contribution >= 4 is 28.8 Å². The number of hydrogen-bond acceptors (Lipinski definition) is 3. The van der Waals surface area contributed by atoms with Gasteiger partial charge in [0, 0.05) is 29.4 Å². The molecule has 1 aliphatic rings. The van der Waals surface area contributed by atoms with Crippen LogP contribution in [0.4, 0.5) is 0 Å². The molecule has 2 heterocycles. The lowest BCUT2D eigenvalue weighted by Gasteiger charge is -2.16. The second kappa shape index (κ2) is 6.80. The topological polar surface area (TPSA) is 33.2 Å². The molecule has 0 N–H and O–H groups in total. The number of likely N-dealkylation sites (tertiary alicyclic amines) is 1. The Morgan fingerprint density at radius 3 is 3.05 bits per heavy atom. The fraction of sp³-hybridized carbons (Fsp3) is 0.412. The third-order valence-corrected chi connectivity index (χ3v) is 5.31. The van der Waals surface area contributed by atoms with Crippen molar-refractivity contribution in [2.75, 3.05) is 13.1 Å². The molecule has 1 aromatic heterocycles. The molecule has 116 valence electrons. The summed E-state index contributed by atoms with van der Waals surface area (Å²) in [5.74, 6) is 0.375. The molecule has 3 nitrogen and oxygen atoms in total. The molecular weight excluding hydrogens is 316 g/mol. The summed E-state index contributed by atoms with van der Waals surface area (Å²) in [6.07, 6.45) is 2.96. The Kier molecular flexibility index (Phi) is 4.79. The number of aryl methyl sites for hydroxylation is 1. The maximum Gasteiger partial charge on any atom is 0.273 e. The maximum absolute atomic E-state index is 12.6. The molecule has 1 atom stereocenters. The Morgan fingerprint density at radius 1 is 1.45 bits per heavy atom. The highest BCUT2D eigenvalue weighted by molar-refractivity contribution is 7.09. The first-order valence-corrected chi connectivity index (χ1v) is 8.93. The quantitative estimate of drug-likeness (QED) is 0.831. The van der Waals surface area contributed by atoms with Crippen LogP contribution < -0.4 is 0 Å². The fourth-order valence-corrected chi connectivity index (χ4v) is 4.07. The number of benzene rings is 1. The lowest BCUT2D eigenvalue weighted by atomic mass is 9.98. The van der Waals surface area contributed by atoms with Gasteiger partial charge in [0.05, 0.1) is 5.01 Å². The first-order valence-electron chi connectivity index (χ1n) is 7.67. The highest BCUT2D eigenvalue weighted by Gasteiger charge is 2.29. The molecule has 0 spiro atoms. The van der Waals surface area contributed by atoms with E-state index in [9.17, 15) is 4.79 Å². The Bertz CT molecular complexity index is 670. The minimum atomic E-state index is 0.0492. The summed E-state index contributed by atoms with van der Waals surface area (Å²) in [5.41, 5.74) is 1.73. The summed E-state index contributed by atoms with van der Waals surface area (Å²) in [4.78, 5) is 18.9. The minimum absolute atomic E-state index is 0.0492. The molecule has 5 heteroatoms. The van der Waals surface area contributed by atoms with Gasteiger partial charge in [-0.15, -0.1) is 11.3 Å². The Balaban J connectivity index is 1.69. The van der Waals surface area contributed by atoms with Gasteiger partial charge in [-0.3, -0.25) is 4.79 Å². The van der Waals surface area contributed by atoms with Crippen molar-refractivity contribution in [3.8, 4) is 0 Å². The van der Waals surface area contributed by atoms with Crippen LogP contribution in [0.2, 0.25) is 5.02 Å². The van der Waals surface area contributed by atoms with E-state index in [2.05, 4.69) is 18.0 Å². The zero-order chi connectivity index (χ0) is 15.5. The van der Waals surface area contributed by atoms with Crippen molar-refractivity contribution in [2.24, 2.45) is 0 Å². The highest BCUT2D eigenvalue weighted by atomic mass is 35.5. The first kappa shape index (κ1) is 15.5. The number of nitrogens with zero attached hydrogens (tertiary/aromatic N) is 2. The predicted octanol–water partition coefficient (Wildman–Crippen LogP) is 4.38. The van der Waals surface area contributed by atoms with Crippen LogP contribution in [0.3, 0.4) is 0 Å². The normalized spacial score (nSPS) is 17.9. The molecule has 0 bridgehead atoms. The summed E-state index contributed by atoms with van der Waals surface area (Å²) in [6.45, 7) is 3.62. The van der Waals surface area contributed by atoms with Gasteiger partial charge in [0.25, 0.3) is 5.91 Å². The molecule has 0 aliphatic carbocycles. The van der Waals surface area contributed by atoms with E-state index >= 15 is 0 Å². The van der Waals surface area contributed by atoms with Gasteiger partial charge in [-0.1, -0.05) is 36.7 Å². The van der Waals surface area contributed by atoms with Gasteiger partial charge < -0.3 is 4.90 Å². The number of thiazole rings is 1. The Labute approximate surface area is 139 Å².